The van der Waals surface area contributed by atoms with Crippen molar-refractivity contribution in [3.8, 4) is 0 Å². The topological polar surface area (TPSA) is 64.6 Å². The van der Waals surface area contributed by atoms with Crippen molar-refractivity contribution in [2.75, 3.05) is 7.11 Å². The van der Waals surface area contributed by atoms with E-state index in [-0.39, 0.29) is 38.0 Å². The van der Waals surface area contributed by atoms with E-state index in [2.05, 4.69) is 10.1 Å². The van der Waals surface area contributed by atoms with Crippen LogP contribution in [0, 0.1) is 5.92 Å². The molecule has 1 N–H and O–H groups in total. The van der Waals surface area contributed by atoms with E-state index in [0.717, 1.165) is 12.7 Å². The zero-order chi connectivity index (χ0) is 19.2. The molecule has 1 amide bonds. The number of carbonyl (C=O) groups excluding carboxylic acids is 2. The molecule has 1 aromatic rings. The van der Waals surface area contributed by atoms with Crippen molar-refractivity contribution in [3.63, 3.8) is 0 Å². The van der Waals surface area contributed by atoms with Crippen molar-refractivity contribution in [2.24, 2.45) is 5.92 Å². The highest BCUT2D eigenvalue weighted by Crippen LogP contribution is 2.39. The molecule has 0 aromatic heterocycles. The largest absolute Gasteiger partial charge is 0.464 e. The van der Waals surface area contributed by atoms with Crippen LogP contribution in [0.15, 0.2) is 41.6 Å². The molecule has 0 spiro atoms. The number of esters is 1. The SMILES string of the molecule is COC(=O)C(NC(=O)OCc1ccccc1)=C1CCC(C(F)(F)F)CC1. The molecule has 1 aromatic carbocycles. The first kappa shape index (κ1) is 19.8. The second kappa shape index (κ2) is 8.73. The summed E-state index contributed by atoms with van der Waals surface area (Å²) in [7, 11) is 1.14. The van der Waals surface area contributed by atoms with Gasteiger partial charge in [-0.1, -0.05) is 30.3 Å². The van der Waals surface area contributed by atoms with Crippen LogP contribution < -0.4 is 5.32 Å². The number of halogens is 3. The first-order valence-electron chi connectivity index (χ1n) is 8.16. The number of hydrogen-bond donors (Lipinski definition) is 1. The Morgan fingerprint density at radius 2 is 1.77 bits per heavy atom. The highest BCUT2D eigenvalue weighted by atomic mass is 19.4. The summed E-state index contributed by atoms with van der Waals surface area (Å²) in [5.41, 5.74) is 1.07. The molecule has 0 saturated heterocycles. The Bertz CT molecular complexity index is 661. The number of amides is 1. The molecule has 2 rings (SSSR count). The highest BCUT2D eigenvalue weighted by Gasteiger charge is 2.41. The molecule has 26 heavy (non-hydrogen) atoms. The summed E-state index contributed by atoms with van der Waals surface area (Å²) in [6.45, 7) is 0.00655. The van der Waals surface area contributed by atoms with Crippen molar-refractivity contribution in [3.05, 3.63) is 47.2 Å². The molecule has 1 aliphatic carbocycles. The molecule has 0 unspecified atom stereocenters. The Kier molecular flexibility index (Phi) is 6.65. The third kappa shape index (κ3) is 5.50. The monoisotopic (exact) mass is 371 g/mol. The van der Waals surface area contributed by atoms with Gasteiger partial charge in [-0.15, -0.1) is 0 Å². The van der Waals surface area contributed by atoms with E-state index >= 15 is 0 Å². The van der Waals surface area contributed by atoms with E-state index in [0.29, 0.717) is 5.57 Å². The Balaban J connectivity index is 2.01. The van der Waals surface area contributed by atoms with E-state index in [1.165, 1.54) is 0 Å². The van der Waals surface area contributed by atoms with Gasteiger partial charge in [-0.25, -0.2) is 9.59 Å². The molecule has 1 saturated carbocycles. The van der Waals surface area contributed by atoms with Crippen molar-refractivity contribution in [2.45, 2.75) is 38.5 Å². The number of ether oxygens (including phenoxy) is 2. The lowest BCUT2D eigenvalue weighted by molar-refractivity contribution is -0.179. The zero-order valence-corrected chi connectivity index (χ0v) is 14.3. The lowest BCUT2D eigenvalue weighted by Gasteiger charge is -2.27. The van der Waals surface area contributed by atoms with Gasteiger partial charge >= 0.3 is 18.2 Å². The van der Waals surface area contributed by atoms with Gasteiger partial charge in [-0.3, -0.25) is 5.32 Å². The molecular formula is C18H20F3NO4. The number of carbonyl (C=O) groups is 2. The molecule has 1 aliphatic rings. The van der Waals surface area contributed by atoms with Crippen LogP contribution in [0.1, 0.15) is 31.2 Å². The molecular weight excluding hydrogens is 351 g/mol. The van der Waals surface area contributed by atoms with Crippen molar-refractivity contribution in [1.82, 2.24) is 5.32 Å². The Morgan fingerprint density at radius 3 is 2.31 bits per heavy atom. The minimum absolute atomic E-state index is 0.00655. The normalized spacial score (nSPS) is 17.4. The third-order valence-corrected chi connectivity index (χ3v) is 4.23. The van der Waals surface area contributed by atoms with Crippen LogP contribution in [-0.4, -0.2) is 25.3 Å². The van der Waals surface area contributed by atoms with Gasteiger partial charge in [-0.2, -0.15) is 13.2 Å². The van der Waals surface area contributed by atoms with E-state index < -0.39 is 24.2 Å². The number of hydrogen-bond acceptors (Lipinski definition) is 4. The summed E-state index contributed by atoms with van der Waals surface area (Å²) in [6, 6.07) is 8.94. The minimum atomic E-state index is -4.25. The number of nitrogens with one attached hydrogen (secondary N) is 1. The molecule has 8 heteroatoms. The first-order valence-corrected chi connectivity index (χ1v) is 8.16. The summed E-state index contributed by atoms with van der Waals surface area (Å²) in [6.07, 6.45) is -5.24. The predicted octanol–water partition coefficient (Wildman–Crippen LogP) is 4.09. The summed E-state index contributed by atoms with van der Waals surface area (Å²) >= 11 is 0. The summed E-state index contributed by atoms with van der Waals surface area (Å²) < 4.78 is 48.0. The van der Waals surface area contributed by atoms with Crippen LogP contribution in [0.2, 0.25) is 0 Å². The van der Waals surface area contributed by atoms with Gasteiger partial charge in [0.2, 0.25) is 0 Å². The molecule has 0 heterocycles. The summed E-state index contributed by atoms with van der Waals surface area (Å²) in [4.78, 5) is 23.9. The maximum Gasteiger partial charge on any atom is 0.412 e. The smallest absolute Gasteiger partial charge is 0.412 e. The van der Waals surface area contributed by atoms with Crippen LogP contribution in [0.25, 0.3) is 0 Å². The first-order chi connectivity index (χ1) is 12.3. The fourth-order valence-electron chi connectivity index (χ4n) is 2.79. The molecule has 0 radical (unpaired) electrons. The van der Waals surface area contributed by atoms with E-state index in [1.807, 2.05) is 6.07 Å². The molecule has 5 nitrogen and oxygen atoms in total. The van der Waals surface area contributed by atoms with Crippen LogP contribution in [0.5, 0.6) is 0 Å². The van der Waals surface area contributed by atoms with Gasteiger partial charge in [0.25, 0.3) is 0 Å². The van der Waals surface area contributed by atoms with E-state index in [1.54, 1.807) is 24.3 Å². The minimum Gasteiger partial charge on any atom is -0.464 e. The average Bonchev–Trinajstić information content (AvgIpc) is 2.64. The number of alkyl halides is 3. The maximum absolute atomic E-state index is 12.8. The fourth-order valence-corrected chi connectivity index (χ4v) is 2.79. The number of benzene rings is 1. The Hall–Kier alpha value is -2.51. The number of alkyl carbamates (subject to hydrolysis) is 1. The predicted molar refractivity (Wildman–Crippen MR) is 86.8 cm³/mol. The lowest BCUT2D eigenvalue weighted by atomic mass is 9.84. The van der Waals surface area contributed by atoms with Crippen LogP contribution in [0.3, 0.4) is 0 Å². The van der Waals surface area contributed by atoms with Gasteiger partial charge in [0, 0.05) is 0 Å². The summed E-state index contributed by atoms with van der Waals surface area (Å²) in [5, 5.41) is 2.32. The number of methoxy groups -OCH3 is 1. The Morgan fingerprint density at radius 1 is 1.15 bits per heavy atom. The summed E-state index contributed by atoms with van der Waals surface area (Å²) in [5.74, 6) is -2.20. The third-order valence-electron chi connectivity index (χ3n) is 4.23. The van der Waals surface area contributed by atoms with E-state index in [9.17, 15) is 22.8 Å². The van der Waals surface area contributed by atoms with Crippen LogP contribution in [-0.2, 0) is 20.9 Å². The maximum atomic E-state index is 12.8. The molecule has 0 atom stereocenters. The van der Waals surface area contributed by atoms with Crippen LogP contribution in [0.4, 0.5) is 18.0 Å². The van der Waals surface area contributed by atoms with Crippen molar-refractivity contribution >= 4 is 12.1 Å². The molecule has 1 fully saturated rings. The van der Waals surface area contributed by atoms with Crippen molar-refractivity contribution in [1.29, 1.82) is 0 Å². The van der Waals surface area contributed by atoms with Gasteiger partial charge in [0.05, 0.1) is 13.0 Å². The van der Waals surface area contributed by atoms with Gasteiger partial charge < -0.3 is 9.47 Å². The quantitative estimate of drug-likeness (QED) is 0.640. The van der Waals surface area contributed by atoms with Gasteiger partial charge in [0.1, 0.15) is 12.3 Å². The number of rotatable bonds is 4. The second-order valence-corrected chi connectivity index (χ2v) is 5.97. The second-order valence-electron chi connectivity index (χ2n) is 5.97. The van der Waals surface area contributed by atoms with Gasteiger partial charge in [0.15, 0.2) is 0 Å². The van der Waals surface area contributed by atoms with Crippen molar-refractivity contribution < 1.29 is 32.2 Å². The zero-order valence-electron chi connectivity index (χ0n) is 14.3. The van der Waals surface area contributed by atoms with Crippen LogP contribution >= 0.6 is 0 Å². The fraction of sp³-hybridized carbons (Fsp3) is 0.444. The average molecular weight is 371 g/mol. The van der Waals surface area contributed by atoms with Gasteiger partial charge in [-0.05, 0) is 36.8 Å². The Labute approximate surface area is 149 Å². The molecule has 0 bridgehead atoms. The molecule has 0 aliphatic heterocycles. The lowest BCUT2D eigenvalue weighted by Crippen LogP contribution is -2.32. The number of allylic oxidation sites excluding steroid dienone is 1. The molecule has 142 valence electrons. The van der Waals surface area contributed by atoms with E-state index in [4.69, 9.17) is 4.74 Å². The standard InChI is InChI=1S/C18H20F3NO4/c1-25-16(23)15(13-7-9-14(10-8-13)18(19,20)21)22-17(24)26-11-12-5-3-2-4-6-12/h2-6,14H,7-11H2,1H3,(H,22,24). The highest BCUT2D eigenvalue weighted by molar-refractivity contribution is 5.93.